The van der Waals surface area contributed by atoms with E-state index in [0.717, 1.165) is 6.42 Å². The van der Waals surface area contributed by atoms with Crippen molar-refractivity contribution in [2.45, 2.75) is 45.6 Å². The molecule has 0 aliphatic heterocycles. The standard InChI is InChI=1S/C11H19NO3/c1-7(2)5-10(13)12-9-4-3-8(6-9)11(14)15/h7-9H,3-6H2,1-2H3,(H,12,13)(H,14,15)/t8-,9+/m1/s1. The van der Waals surface area contributed by atoms with Crippen molar-refractivity contribution in [1.82, 2.24) is 5.32 Å². The van der Waals surface area contributed by atoms with E-state index in [0.29, 0.717) is 25.2 Å². The molecule has 1 amide bonds. The van der Waals surface area contributed by atoms with Gasteiger partial charge in [0.15, 0.2) is 0 Å². The molecule has 0 saturated heterocycles. The van der Waals surface area contributed by atoms with E-state index in [1.807, 2.05) is 13.8 Å². The number of carboxylic acids is 1. The minimum atomic E-state index is -0.740. The molecule has 1 aliphatic carbocycles. The summed E-state index contributed by atoms with van der Waals surface area (Å²) < 4.78 is 0. The maximum atomic E-state index is 11.4. The number of nitrogens with one attached hydrogen (secondary N) is 1. The number of carboxylic acid groups (broad SMARTS) is 1. The number of hydrogen-bond acceptors (Lipinski definition) is 2. The topological polar surface area (TPSA) is 66.4 Å². The highest BCUT2D eigenvalue weighted by molar-refractivity contribution is 5.77. The van der Waals surface area contributed by atoms with Gasteiger partial charge in [-0.1, -0.05) is 13.8 Å². The predicted molar refractivity (Wildman–Crippen MR) is 56.4 cm³/mol. The molecule has 86 valence electrons. The molecule has 0 aromatic carbocycles. The van der Waals surface area contributed by atoms with Crippen LogP contribution in [0, 0.1) is 11.8 Å². The molecule has 2 atom stereocenters. The minimum Gasteiger partial charge on any atom is -0.481 e. The first kappa shape index (κ1) is 12.0. The van der Waals surface area contributed by atoms with Crippen molar-refractivity contribution in [1.29, 1.82) is 0 Å². The maximum Gasteiger partial charge on any atom is 0.306 e. The summed E-state index contributed by atoms with van der Waals surface area (Å²) in [7, 11) is 0. The van der Waals surface area contributed by atoms with Crippen molar-refractivity contribution in [3.05, 3.63) is 0 Å². The van der Waals surface area contributed by atoms with Crippen LogP contribution in [-0.2, 0) is 9.59 Å². The number of carbonyl (C=O) groups excluding carboxylic acids is 1. The molecule has 0 aromatic heterocycles. The summed E-state index contributed by atoms with van der Waals surface area (Å²) in [5.74, 6) is -0.618. The molecule has 4 heteroatoms. The summed E-state index contributed by atoms with van der Waals surface area (Å²) >= 11 is 0. The predicted octanol–water partition coefficient (Wildman–Crippen LogP) is 1.40. The number of aliphatic carboxylic acids is 1. The van der Waals surface area contributed by atoms with Crippen LogP contribution in [0.4, 0.5) is 0 Å². The fourth-order valence-corrected chi connectivity index (χ4v) is 1.99. The van der Waals surface area contributed by atoms with E-state index in [2.05, 4.69) is 5.32 Å². The second kappa shape index (κ2) is 5.14. The number of hydrogen-bond donors (Lipinski definition) is 2. The van der Waals surface area contributed by atoms with Crippen molar-refractivity contribution in [2.24, 2.45) is 11.8 Å². The second-order valence-electron chi connectivity index (χ2n) is 4.71. The molecule has 0 aromatic rings. The first-order valence-electron chi connectivity index (χ1n) is 5.51. The normalized spacial score (nSPS) is 25.5. The Labute approximate surface area is 90.0 Å². The van der Waals surface area contributed by atoms with Gasteiger partial charge in [-0.25, -0.2) is 0 Å². The Kier molecular flexibility index (Phi) is 4.12. The lowest BCUT2D eigenvalue weighted by atomic mass is 10.1. The van der Waals surface area contributed by atoms with Gasteiger partial charge in [0.25, 0.3) is 0 Å². The van der Waals surface area contributed by atoms with Crippen LogP contribution >= 0.6 is 0 Å². The zero-order chi connectivity index (χ0) is 11.4. The molecule has 1 saturated carbocycles. The van der Waals surface area contributed by atoms with Crippen LogP contribution in [0.25, 0.3) is 0 Å². The van der Waals surface area contributed by atoms with E-state index >= 15 is 0 Å². The highest BCUT2D eigenvalue weighted by atomic mass is 16.4. The van der Waals surface area contributed by atoms with Gasteiger partial charge in [-0.3, -0.25) is 9.59 Å². The molecule has 0 spiro atoms. The second-order valence-corrected chi connectivity index (χ2v) is 4.71. The Morgan fingerprint density at radius 1 is 1.40 bits per heavy atom. The van der Waals surface area contributed by atoms with Gasteiger partial charge in [0.2, 0.25) is 5.91 Å². The molecule has 1 fully saturated rings. The van der Waals surface area contributed by atoms with E-state index in [1.165, 1.54) is 0 Å². The lowest BCUT2D eigenvalue weighted by Gasteiger charge is -2.13. The Bertz CT molecular complexity index is 250. The molecule has 1 rings (SSSR count). The third-order valence-electron chi connectivity index (χ3n) is 2.74. The lowest BCUT2D eigenvalue weighted by Crippen LogP contribution is -2.33. The summed E-state index contributed by atoms with van der Waals surface area (Å²) in [5.41, 5.74) is 0. The lowest BCUT2D eigenvalue weighted by molar-refractivity contribution is -0.141. The summed E-state index contributed by atoms with van der Waals surface area (Å²) in [6, 6.07) is 0.0670. The highest BCUT2D eigenvalue weighted by Gasteiger charge is 2.30. The molecule has 1 aliphatic rings. The Balaban J connectivity index is 2.30. The molecule has 0 radical (unpaired) electrons. The number of amides is 1. The average Bonchev–Trinajstić information content (AvgIpc) is 2.50. The van der Waals surface area contributed by atoms with Crippen LogP contribution < -0.4 is 5.32 Å². The van der Waals surface area contributed by atoms with Crippen LogP contribution in [0.1, 0.15) is 39.5 Å². The molecule has 0 unspecified atom stereocenters. The van der Waals surface area contributed by atoms with Gasteiger partial charge in [-0.2, -0.15) is 0 Å². The quantitative estimate of drug-likeness (QED) is 0.741. The number of carbonyl (C=O) groups is 2. The maximum absolute atomic E-state index is 11.4. The molecule has 15 heavy (non-hydrogen) atoms. The van der Waals surface area contributed by atoms with Crippen LogP contribution in [-0.4, -0.2) is 23.0 Å². The molecular weight excluding hydrogens is 194 g/mol. The summed E-state index contributed by atoms with van der Waals surface area (Å²) in [6.45, 7) is 3.99. The largest absolute Gasteiger partial charge is 0.481 e. The SMILES string of the molecule is CC(C)CC(=O)N[C@H]1CC[C@@H](C(=O)O)C1. The Morgan fingerprint density at radius 3 is 2.53 bits per heavy atom. The summed E-state index contributed by atoms with van der Waals surface area (Å²) in [4.78, 5) is 22.1. The van der Waals surface area contributed by atoms with Gasteiger partial charge in [0.1, 0.15) is 0 Å². The van der Waals surface area contributed by atoms with Gasteiger partial charge in [0.05, 0.1) is 5.92 Å². The Morgan fingerprint density at radius 2 is 2.07 bits per heavy atom. The van der Waals surface area contributed by atoms with Gasteiger partial charge >= 0.3 is 5.97 Å². The van der Waals surface area contributed by atoms with Gasteiger partial charge in [-0.15, -0.1) is 0 Å². The third-order valence-corrected chi connectivity index (χ3v) is 2.74. The fourth-order valence-electron chi connectivity index (χ4n) is 1.99. The average molecular weight is 213 g/mol. The van der Waals surface area contributed by atoms with Gasteiger partial charge < -0.3 is 10.4 Å². The summed E-state index contributed by atoms with van der Waals surface area (Å²) in [5, 5.41) is 11.7. The zero-order valence-electron chi connectivity index (χ0n) is 9.32. The van der Waals surface area contributed by atoms with Gasteiger partial charge in [-0.05, 0) is 25.2 Å². The highest BCUT2D eigenvalue weighted by Crippen LogP contribution is 2.25. The van der Waals surface area contributed by atoms with Crippen molar-refractivity contribution in [2.75, 3.05) is 0 Å². The van der Waals surface area contributed by atoms with Crippen LogP contribution in [0.3, 0.4) is 0 Å². The van der Waals surface area contributed by atoms with Crippen LogP contribution in [0.5, 0.6) is 0 Å². The van der Waals surface area contributed by atoms with Crippen molar-refractivity contribution in [3.63, 3.8) is 0 Å². The monoisotopic (exact) mass is 213 g/mol. The van der Waals surface area contributed by atoms with Crippen molar-refractivity contribution in [3.8, 4) is 0 Å². The molecule has 2 N–H and O–H groups in total. The molecule has 4 nitrogen and oxygen atoms in total. The van der Waals surface area contributed by atoms with E-state index in [-0.39, 0.29) is 17.9 Å². The first-order chi connectivity index (χ1) is 6.99. The molecule has 0 bridgehead atoms. The Hall–Kier alpha value is -1.06. The molecular formula is C11H19NO3. The fraction of sp³-hybridized carbons (Fsp3) is 0.818. The minimum absolute atomic E-state index is 0.0426. The van der Waals surface area contributed by atoms with E-state index in [4.69, 9.17) is 5.11 Å². The summed E-state index contributed by atoms with van der Waals surface area (Å²) in [6.07, 6.45) is 2.58. The van der Waals surface area contributed by atoms with Crippen molar-refractivity contribution < 1.29 is 14.7 Å². The van der Waals surface area contributed by atoms with E-state index < -0.39 is 5.97 Å². The number of rotatable bonds is 4. The molecule has 0 heterocycles. The van der Waals surface area contributed by atoms with E-state index in [9.17, 15) is 9.59 Å². The van der Waals surface area contributed by atoms with Crippen molar-refractivity contribution >= 4 is 11.9 Å². The first-order valence-corrected chi connectivity index (χ1v) is 5.51. The zero-order valence-corrected chi connectivity index (χ0v) is 9.32. The van der Waals surface area contributed by atoms with Crippen LogP contribution in [0.2, 0.25) is 0 Å². The van der Waals surface area contributed by atoms with Gasteiger partial charge in [0, 0.05) is 12.5 Å². The smallest absolute Gasteiger partial charge is 0.306 e. The van der Waals surface area contributed by atoms with E-state index in [1.54, 1.807) is 0 Å². The third kappa shape index (κ3) is 3.90. The van der Waals surface area contributed by atoms with Crippen LogP contribution in [0.15, 0.2) is 0 Å².